The number of sulfonamides is 1. The third-order valence-corrected chi connectivity index (χ3v) is 5.94. The first-order chi connectivity index (χ1) is 11.7. The summed E-state index contributed by atoms with van der Waals surface area (Å²) in [6, 6.07) is 7.36. The van der Waals surface area contributed by atoms with Crippen LogP contribution >= 0.6 is 12.6 Å². The van der Waals surface area contributed by atoms with Crippen LogP contribution in [0, 0.1) is 6.92 Å². The standard InChI is InChI=1S/C17H27N3O3S2/c1-13-5-3-4-6-14(13)11-17(19-25(2,22)23)7-9-20(10-8-17)16(21)15(18)12-24/h3-6,15,19,24H,7-12,18H2,1-2H3/t15-/m0/s1. The van der Waals surface area contributed by atoms with E-state index in [4.69, 9.17) is 5.73 Å². The number of thiol groups is 1. The van der Waals surface area contributed by atoms with Crippen LogP contribution in [0.4, 0.5) is 0 Å². The van der Waals surface area contributed by atoms with Gasteiger partial charge in [-0.05, 0) is 37.3 Å². The highest BCUT2D eigenvalue weighted by Crippen LogP contribution is 2.29. The molecule has 140 valence electrons. The van der Waals surface area contributed by atoms with Crippen molar-refractivity contribution in [2.24, 2.45) is 5.73 Å². The van der Waals surface area contributed by atoms with E-state index in [2.05, 4.69) is 17.4 Å². The number of aryl methyl sites for hydroxylation is 1. The van der Waals surface area contributed by atoms with E-state index in [1.807, 2.05) is 31.2 Å². The van der Waals surface area contributed by atoms with Gasteiger partial charge in [-0.1, -0.05) is 24.3 Å². The van der Waals surface area contributed by atoms with Gasteiger partial charge in [-0.3, -0.25) is 4.79 Å². The van der Waals surface area contributed by atoms with Crippen molar-refractivity contribution >= 4 is 28.6 Å². The molecule has 1 aromatic rings. The molecule has 1 atom stereocenters. The van der Waals surface area contributed by atoms with Gasteiger partial charge in [0, 0.05) is 24.4 Å². The highest BCUT2D eigenvalue weighted by atomic mass is 32.2. The third kappa shape index (κ3) is 5.44. The zero-order chi connectivity index (χ0) is 18.7. The zero-order valence-corrected chi connectivity index (χ0v) is 16.4. The fourth-order valence-corrected chi connectivity index (χ4v) is 4.57. The Morgan fingerprint density at radius 1 is 1.36 bits per heavy atom. The lowest BCUT2D eigenvalue weighted by Gasteiger charge is -2.42. The maximum Gasteiger partial charge on any atom is 0.240 e. The number of piperidine rings is 1. The molecule has 25 heavy (non-hydrogen) atoms. The second-order valence-electron chi connectivity index (χ2n) is 6.87. The number of nitrogens with zero attached hydrogens (tertiary/aromatic N) is 1. The monoisotopic (exact) mass is 385 g/mol. The normalized spacial score (nSPS) is 18.8. The number of hydrogen-bond donors (Lipinski definition) is 3. The average Bonchev–Trinajstić information content (AvgIpc) is 2.55. The molecule has 8 heteroatoms. The molecule has 6 nitrogen and oxygen atoms in total. The van der Waals surface area contributed by atoms with Gasteiger partial charge in [-0.2, -0.15) is 12.6 Å². The number of nitrogens with one attached hydrogen (secondary N) is 1. The van der Waals surface area contributed by atoms with E-state index in [1.54, 1.807) is 4.90 Å². The van der Waals surface area contributed by atoms with Crippen molar-refractivity contribution < 1.29 is 13.2 Å². The van der Waals surface area contributed by atoms with Crippen LogP contribution in [0.2, 0.25) is 0 Å². The predicted octanol–water partition coefficient (Wildman–Crippen LogP) is 0.705. The highest BCUT2D eigenvalue weighted by molar-refractivity contribution is 7.88. The number of carbonyl (C=O) groups is 1. The van der Waals surface area contributed by atoms with E-state index in [-0.39, 0.29) is 5.91 Å². The largest absolute Gasteiger partial charge is 0.341 e. The van der Waals surface area contributed by atoms with E-state index >= 15 is 0 Å². The second-order valence-corrected chi connectivity index (χ2v) is 8.99. The average molecular weight is 386 g/mol. The lowest BCUT2D eigenvalue weighted by atomic mass is 9.81. The molecule has 1 saturated heterocycles. The van der Waals surface area contributed by atoms with Gasteiger partial charge in [0.25, 0.3) is 0 Å². The Hall–Kier alpha value is -1.09. The van der Waals surface area contributed by atoms with Crippen LogP contribution in [-0.4, -0.2) is 55.9 Å². The SMILES string of the molecule is Cc1ccccc1CC1(NS(C)(=O)=O)CCN(C(=O)[C@@H](N)CS)CC1. The molecule has 0 spiro atoms. The number of likely N-dealkylation sites (tertiary alicyclic amines) is 1. The van der Waals surface area contributed by atoms with Gasteiger partial charge in [0.05, 0.1) is 12.3 Å². The molecule has 2 rings (SSSR count). The number of nitrogens with two attached hydrogens (primary N) is 1. The summed E-state index contributed by atoms with van der Waals surface area (Å²) < 4.78 is 26.7. The Balaban J connectivity index is 2.19. The number of rotatable bonds is 6. The number of amides is 1. The minimum Gasteiger partial charge on any atom is -0.341 e. The van der Waals surface area contributed by atoms with Crippen molar-refractivity contribution in [3.05, 3.63) is 35.4 Å². The topological polar surface area (TPSA) is 92.5 Å². The van der Waals surface area contributed by atoms with Crippen LogP contribution in [0.1, 0.15) is 24.0 Å². The van der Waals surface area contributed by atoms with Crippen LogP contribution < -0.4 is 10.5 Å². The molecular formula is C17H27N3O3S2. The summed E-state index contributed by atoms with van der Waals surface area (Å²) in [5, 5.41) is 0. The smallest absolute Gasteiger partial charge is 0.240 e. The molecule has 0 radical (unpaired) electrons. The van der Waals surface area contributed by atoms with Gasteiger partial charge in [0.2, 0.25) is 15.9 Å². The minimum absolute atomic E-state index is 0.126. The molecule has 0 aliphatic carbocycles. The molecule has 0 saturated carbocycles. The molecule has 1 heterocycles. The molecule has 1 aliphatic rings. The van der Waals surface area contributed by atoms with Crippen LogP contribution in [-0.2, 0) is 21.2 Å². The van der Waals surface area contributed by atoms with Crippen LogP contribution in [0.3, 0.4) is 0 Å². The van der Waals surface area contributed by atoms with E-state index in [0.29, 0.717) is 38.1 Å². The lowest BCUT2D eigenvalue weighted by Crippen LogP contribution is -2.58. The molecule has 0 unspecified atom stereocenters. The second kappa shape index (κ2) is 8.07. The first-order valence-corrected chi connectivity index (χ1v) is 10.9. The molecule has 1 aromatic carbocycles. The van der Waals surface area contributed by atoms with Crippen molar-refractivity contribution in [3.63, 3.8) is 0 Å². The van der Waals surface area contributed by atoms with Gasteiger partial charge in [0.1, 0.15) is 0 Å². The van der Waals surface area contributed by atoms with Crippen molar-refractivity contribution in [3.8, 4) is 0 Å². The first kappa shape index (κ1) is 20.2. The Bertz CT molecular complexity index is 714. The van der Waals surface area contributed by atoms with E-state index in [1.165, 1.54) is 6.26 Å². The summed E-state index contributed by atoms with van der Waals surface area (Å²) in [4.78, 5) is 14.0. The van der Waals surface area contributed by atoms with E-state index in [0.717, 1.165) is 11.1 Å². The first-order valence-electron chi connectivity index (χ1n) is 8.34. The molecule has 0 bridgehead atoms. The Morgan fingerprint density at radius 2 is 1.96 bits per heavy atom. The Morgan fingerprint density at radius 3 is 2.48 bits per heavy atom. The van der Waals surface area contributed by atoms with E-state index < -0.39 is 21.6 Å². The lowest BCUT2D eigenvalue weighted by molar-refractivity contribution is -0.133. The zero-order valence-electron chi connectivity index (χ0n) is 14.7. The number of carbonyl (C=O) groups excluding carboxylic acids is 1. The molecular weight excluding hydrogens is 358 g/mol. The third-order valence-electron chi connectivity index (χ3n) is 4.74. The Kier molecular flexibility index (Phi) is 6.53. The van der Waals surface area contributed by atoms with Crippen LogP contribution in [0.25, 0.3) is 0 Å². The fraction of sp³-hybridized carbons (Fsp3) is 0.588. The summed E-state index contributed by atoms with van der Waals surface area (Å²) >= 11 is 4.08. The summed E-state index contributed by atoms with van der Waals surface area (Å²) in [5.74, 6) is 0.171. The molecule has 3 N–H and O–H groups in total. The number of hydrogen-bond acceptors (Lipinski definition) is 5. The summed E-state index contributed by atoms with van der Waals surface area (Å²) in [6.07, 6.45) is 2.90. The van der Waals surface area contributed by atoms with Crippen molar-refractivity contribution in [1.29, 1.82) is 0 Å². The van der Waals surface area contributed by atoms with Crippen LogP contribution in [0.5, 0.6) is 0 Å². The van der Waals surface area contributed by atoms with Crippen molar-refractivity contribution in [2.75, 3.05) is 25.1 Å². The van der Waals surface area contributed by atoms with Crippen LogP contribution in [0.15, 0.2) is 24.3 Å². The summed E-state index contributed by atoms with van der Waals surface area (Å²) in [7, 11) is -3.36. The van der Waals surface area contributed by atoms with Crippen molar-refractivity contribution in [2.45, 2.75) is 37.8 Å². The van der Waals surface area contributed by atoms with Gasteiger partial charge >= 0.3 is 0 Å². The van der Waals surface area contributed by atoms with Gasteiger partial charge in [-0.25, -0.2) is 13.1 Å². The summed E-state index contributed by atoms with van der Waals surface area (Å²) in [5.41, 5.74) is 7.45. The maximum atomic E-state index is 12.3. The fourth-order valence-electron chi connectivity index (χ4n) is 3.35. The van der Waals surface area contributed by atoms with Gasteiger partial charge in [-0.15, -0.1) is 0 Å². The Labute approximate surface area is 155 Å². The van der Waals surface area contributed by atoms with Gasteiger partial charge < -0.3 is 10.6 Å². The molecule has 0 aromatic heterocycles. The minimum atomic E-state index is -3.36. The molecule has 1 amide bonds. The van der Waals surface area contributed by atoms with E-state index in [9.17, 15) is 13.2 Å². The maximum absolute atomic E-state index is 12.3. The van der Waals surface area contributed by atoms with Gasteiger partial charge in [0.15, 0.2) is 0 Å². The van der Waals surface area contributed by atoms with Crippen molar-refractivity contribution in [1.82, 2.24) is 9.62 Å². The summed E-state index contributed by atoms with van der Waals surface area (Å²) in [6.45, 7) is 2.98. The predicted molar refractivity (Wildman–Crippen MR) is 103 cm³/mol. The molecule has 1 aliphatic heterocycles. The molecule has 1 fully saturated rings. The highest BCUT2D eigenvalue weighted by Gasteiger charge is 2.39. The number of benzene rings is 1. The quantitative estimate of drug-likeness (QED) is 0.629.